The van der Waals surface area contributed by atoms with Gasteiger partial charge in [0, 0.05) is 6.07 Å². The number of nitrogens with zero attached hydrogens (tertiary/aromatic N) is 2. The van der Waals surface area contributed by atoms with E-state index in [1.165, 1.54) is 37.4 Å². The number of nitro groups is 1. The van der Waals surface area contributed by atoms with Crippen molar-refractivity contribution in [3.63, 3.8) is 0 Å². The molecular weight excluding hydrogens is 281 g/mol. The molecule has 1 aromatic carbocycles. The van der Waals surface area contributed by atoms with Gasteiger partial charge >= 0.3 is 0 Å². The molecular formula is C12H12FN5O3. The van der Waals surface area contributed by atoms with Gasteiger partial charge in [-0.1, -0.05) is 0 Å². The van der Waals surface area contributed by atoms with Crippen molar-refractivity contribution >= 4 is 23.0 Å². The van der Waals surface area contributed by atoms with Crippen molar-refractivity contribution < 1.29 is 14.1 Å². The molecule has 21 heavy (non-hydrogen) atoms. The molecule has 1 heterocycles. The monoisotopic (exact) mass is 293 g/mol. The molecule has 0 atom stereocenters. The van der Waals surface area contributed by atoms with E-state index in [9.17, 15) is 14.5 Å². The molecule has 0 aliphatic heterocycles. The highest BCUT2D eigenvalue weighted by Gasteiger charge is 2.12. The standard InChI is InChI=1S/C12H12FN5O3/c1-21-10-4-7(13)2-3-9(10)15-11-5-8(18(19)20)6-12(16-11)17-14/h2-6H,14H2,1H3,(H2,15,16,17). The van der Waals surface area contributed by atoms with Crippen molar-refractivity contribution in [3.05, 3.63) is 46.3 Å². The lowest BCUT2D eigenvalue weighted by Crippen LogP contribution is -2.10. The van der Waals surface area contributed by atoms with Crippen LogP contribution in [0.3, 0.4) is 0 Å². The molecule has 0 spiro atoms. The molecule has 0 radical (unpaired) electrons. The first-order chi connectivity index (χ1) is 10.0. The number of ether oxygens (including phenoxy) is 1. The third-order valence-electron chi connectivity index (χ3n) is 2.60. The molecule has 110 valence electrons. The van der Waals surface area contributed by atoms with E-state index in [0.717, 1.165) is 0 Å². The molecule has 0 unspecified atom stereocenters. The summed E-state index contributed by atoms with van der Waals surface area (Å²) in [6, 6.07) is 6.26. The summed E-state index contributed by atoms with van der Waals surface area (Å²) >= 11 is 0. The first kappa shape index (κ1) is 14.5. The lowest BCUT2D eigenvalue weighted by Gasteiger charge is -2.11. The van der Waals surface area contributed by atoms with Crippen LogP contribution in [0.1, 0.15) is 0 Å². The van der Waals surface area contributed by atoms with Gasteiger partial charge in [0.2, 0.25) is 0 Å². The third kappa shape index (κ3) is 3.34. The van der Waals surface area contributed by atoms with Crippen LogP contribution in [-0.4, -0.2) is 17.0 Å². The number of nitrogen functional groups attached to an aromatic ring is 1. The number of hydrogen-bond acceptors (Lipinski definition) is 7. The molecule has 0 amide bonds. The smallest absolute Gasteiger partial charge is 0.276 e. The molecule has 0 saturated carbocycles. The van der Waals surface area contributed by atoms with E-state index in [4.69, 9.17) is 10.6 Å². The van der Waals surface area contributed by atoms with Crippen LogP contribution in [0.25, 0.3) is 0 Å². The van der Waals surface area contributed by atoms with Gasteiger partial charge in [0.25, 0.3) is 5.69 Å². The number of hydrogen-bond donors (Lipinski definition) is 3. The Hall–Kier alpha value is -2.94. The number of anilines is 3. The van der Waals surface area contributed by atoms with Gasteiger partial charge in [-0.15, -0.1) is 0 Å². The Morgan fingerprint density at radius 3 is 2.67 bits per heavy atom. The highest BCUT2D eigenvalue weighted by molar-refractivity contribution is 5.67. The van der Waals surface area contributed by atoms with Gasteiger partial charge in [0.15, 0.2) is 0 Å². The van der Waals surface area contributed by atoms with E-state index < -0.39 is 10.7 Å². The highest BCUT2D eigenvalue weighted by Crippen LogP contribution is 2.29. The molecule has 0 saturated heterocycles. The Bertz CT molecular complexity index is 680. The van der Waals surface area contributed by atoms with Crippen LogP contribution < -0.4 is 21.3 Å². The van der Waals surface area contributed by atoms with Crippen molar-refractivity contribution in [2.24, 2.45) is 5.84 Å². The van der Waals surface area contributed by atoms with Crippen LogP contribution in [0, 0.1) is 15.9 Å². The fourth-order valence-corrected chi connectivity index (χ4v) is 1.67. The molecule has 0 aliphatic carbocycles. The quantitative estimate of drug-likeness (QED) is 0.439. The lowest BCUT2D eigenvalue weighted by atomic mass is 10.2. The van der Waals surface area contributed by atoms with Crippen molar-refractivity contribution in [1.29, 1.82) is 0 Å². The van der Waals surface area contributed by atoms with E-state index in [1.54, 1.807) is 0 Å². The summed E-state index contributed by atoms with van der Waals surface area (Å²) in [6.07, 6.45) is 0. The summed E-state index contributed by atoms with van der Waals surface area (Å²) < 4.78 is 18.2. The Morgan fingerprint density at radius 2 is 2.05 bits per heavy atom. The second kappa shape index (κ2) is 6.01. The Labute approximate surface area is 118 Å². The lowest BCUT2D eigenvalue weighted by molar-refractivity contribution is -0.384. The number of nitrogens with two attached hydrogens (primary N) is 1. The predicted molar refractivity (Wildman–Crippen MR) is 74.9 cm³/mol. The fraction of sp³-hybridized carbons (Fsp3) is 0.0833. The number of nitrogens with one attached hydrogen (secondary N) is 2. The summed E-state index contributed by atoms with van der Waals surface area (Å²) in [4.78, 5) is 14.3. The number of aromatic nitrogens is 1. The van der Waals surface area contributed by atoms with Gasteiger partial charge in [-0.3, -0.25) is 10.1 Å². The van der Waals surface area contributed by atoms with E-state index in [0.29, 0.717) is 5.69 Å². The van der Waals surface area contributed by atoms with E-state index in [2.05, 4.69) is 15.7 Å². The molecule has 4 N–H and O–H groups in total. The van der Waals surface area contributed by atoms with E-state index in [1.807, 2.05) is 0 Å². The zero-order chi connectivity index (χ0) is 15.4. The average molecular weight is 293 g/mol. The SMILES string of the molecule is COc1cc(F)ccc1Nc1cc([N+](=O)[O-])cc(NN)n1. The maximum atomic E-state index is 13.1. The molecule has 0 bridgehead atoms. The van der Waals surface area contributed by atoms with Gasteiger partial charge in [0.1, 0.15) is 23.2 Å². The van der Waals surface area contributed by atoms with Gasteiger partial charge < -0.3 is 15.5 Å². The minimum Gasteiger partial charge on any atom is -0.494 e. The average Bonchev–Trinajstić information content (AvgIpc) is 2.48. The van der Waals surface area contributed by atoms with Crippen molar-refractivity contribution in [3.8, 4) is 5.75 Å². The second-order valence-corrected chi connectivity index (χ2v) is 3.97. The van der Waals surface area contributed by atoms with Crippen molar-refractivity contribution in [2.75, 3.05) is 17.9 Å². The van der Waals surface area contributed by atoms with Crippen LogP contribution >= 0.6 is 0 Å². The zero-order valence-electron chi connectivity index (χ0n) is 11.0. The second-order valence-electron chi connectivity index (χ2n) is 3.97. The van der Waals surface area contributed by atoms with Crippen LogP contribution in [-0.2, 0) is 0 Å². The van der Waals surface area contributed by atoms with Crippen molar-refractivity contribution in [1.82, 2.24) is 4.98 Å². The molecule has 2 rings (SSSR count). The molecule has 9 heteroatoms. The Morgan fingerprint density at radius 1 is 1.33 bits per heavy atom. The summed E-state index contributed by atoms with van der Waals surface area (Å²) in [7, 11) is 1.38. The first-order valence-corrected chi connectivity index (χ1v) is 5.77. The summed E-state index contributed by atoms with van der Waals surface area (Å²) in [5.74, 6) is 5.28. The normalized spacial score (nSPS) is 10.0. The summed E-state index contributed by atoms with van der Waals surface area (Å²) in [6.45, 7) is 0. The maximum Gasteiger partial charge on any atom is 0.276 e. The molecule has 0 aliphatic rings. The number of pyridine rings is 1. The van der Waals surface area contributed by atoms with Gasteiger partial charge in [0.05, 0.1) is 29.9 Å². The van der Waals surface area contributed by atoms with Crippen molar-refractivity contribution in [2.45, 2.75) is 0 Å². The zero-order valence-corrected chi connectivity index (χ0v) is 11.0. The predicted octanol–water partition coefficient (Wildman–Crippen LogP) is 2.17. The van der Waals surface area contributed by atoms with Crippen LogP contribution in [0.4, 0.5) is 27.4 Å². The fourth-order valence-electron chi connectivity index (χ4n) is 1.67. The largest absolute Gasteiger partial charge is 0.494 e. The summed E-state index contributed by atoms with van der Waals surface area (Å²) in [5.41, 5.74) is 2.46. The van der Waals surface area contributed by atoms with Crippen LogP contribution in [0.2, 0.25) is 0 Å². The summed E-state index contributed by atoms with van der Waals surface area (Å²) in [5, 5.41) is 13.7. The molecule has 0 fully saturated rings. The number of halogens is 1. The molecule has 8 nitrogen and oxygen atoms in total. The van der Waals surface area contributed by atoms with E-state index >= 15 is 0 Å². The maximum absolute atomic E-state index is 13.1. The van der Waals surface area contributed by atoms with Gasteiger partial charge in [-0.05, 0) is 12.1 Å². The Kier molecular flexibility index (Phi) is 4.14. The molecule has 2 aromatic rings. The number of benzene rings is 1. The highest BCUT2D eigenvalue weighted by atomic mass is 19.1. The number of hydrazine groups is 1. The van der Waals surface area contributed by atoms with Gasteiger partial charge in [-0.2, -0.15) is 0 Å². The van der Waals surface area contributed by atoms with Gasteiger partial charge in [-0.25, -0.2) is 15.2 Å². The van der Waals surface area contributed by atoms with E-state index in [-0.39, 0.29) is 23.1 Å². The topological polar surface area (TPSA) is 115 Å². The Balaban J connectivity index is 2.39. The number of methoxy groups -OCH3 is 1. The van der Waals surface area contributed by atoms with Crippen LogP contribution in [0.5, 0.6) is 5.75 Å². The first-order valence-electron chi connectivity index (χ1n) is 5.77. The number of rotatable bonds is 5. The van der Waals surface area contributed by atoms with Crippen LogP contribution in [0.15, 0.2) is 30.3 Å². The third-order valence-corrected chi connectivity index (χ3v) is 2.60. The molecule has 1 aromatic heterocycles. The minimum atomic E-state index is -0.574. The minimum absolute atomic E-state index is 0.118.